The lowest BCUT2D eigenvalue weighted by Crippen LogP contribution is -2.36. The van der Waals surface area contributed by atoms with Crippen molar-refractivity contribution >= 4 is 5.97 Å². The summed E-state index contributed by atoms with van der Waals surface area (Å²) in [5, 5.41) is 9.17. The van der Waals surface area contributed by atoms with Crippen LogP contribution in [0.5, 0.6) is 0 Å². The van der Waals surface area contributed by atoms with Crippen molar-refractivity contribution in [1.82, 2.24) is 4.90 Å². The molecule has 1 aromatic rings. The van der Waals surface area contributed by atoms with Crippen molar-refractivity contribution in [1.29, 1.82) is 0 Å². The Bertz CT molecular complexity index is 400. The molecule has 19 heavy (non-hydrogen) atoms. The van der Waals surface area contributed by atoms with E-state index in [0.29, 0.717) is 0 Å². The van der Waals surface area contributed by atoms with Crippen LogP contribution in [0, 0.1) is 5.92 Å². The quantitative estimate of drug-likeness (QED) is 0.818. The van der Waals surface area contributed by atoms with E-state index in [9.17, 15) is 4.79 Å². The second-order valence-electron chi connectivity index (χ2n) is 5.41. The van der Waals surface area contributed by atoms with Gasteiger partial charge in [-0.3, -0.25) is 9.69 Å². The van der Waals surface area contributed by atoms with Gasteiger partial charge in [0.25, 0.3) is 0 Å². The van der Waals surface area contributed by atoms with Gasteiger partial charge in [0.15, 0.2) is 0 Å². The standard InChI is InChI=1S/C16H23NO2/c1-2-17(12-13-7-6-8-13)15(11-16(18)19)14-9-4-3-5-10-14/h3-5,9-10,13,15H,2,6-8,11-12H2,1H3,(H,18,19). The molecule has 0 spiro atoms. The SMILES string of the molecule is CCN(CC1CCC1)C(CC(=O)O)c1ccccc1. The van der Waals surface area contributed by atoms with E-state index in [4.69, 9.17) is 5.11 Å². The average Bonchev–Trinajstić information content (AvgIpc) is 2.36. The number of nitrogens with zero attached hydrogens (tertiary/aromatic N) is 1. The molecule has 1 unspecified atom stereocenters. The fourth-order valence-corrected chi connectivity index (χ4v) is 2.78. The number of carboxylic acids is 1. The van der Waals surface area contributed by atoms with Gasteiger partial charge in [0.2, 0.25) is 0 Å². The monoisotopic (exact) mass is 261 g/mol. The maximum absolute atomic E-state index is 11.1. The summed E-state index contributed by atoms with van der Waals surface area (Å²) < 4.78 is 0. The minimum atomic E-state index is -0.721. The van der Waals surface area contributed by atoms with Crippen LogP contribution in [0.1, 0.15) is 44.2 Å². The van der Waals surface area contributed by atoms with Crippen LogP contribution in [0.3, 0.4) is 0 Å². The molecule has 1 N–H and O–H groups in total. The van der Waals surface area contributed by atoms with Gasteiger partial charge in [-0.15, -0.1) is 0 Å². The van der Waals surface area contributed by atoms with Gasteiger partial charge in [0.1, 0.15) is 0 Å². The molecule has 104 valence electrons. The molecule has 0 bridgehead atoms. The van der Waals surface area contributed by atoms with Crippen molar-refractivity contribution in [3.05, 3.63) is 35.9 Å². The lowest BCUT2D eigenvalue weighted by molar-refractivity contribution is -0.138. The van der Waals surface area contributed by atoms with Crippen molar-refractivity contribution < 1.29 is 9.90 Å². The molecule has 0 aromatic heterocycles. The summed E-state index contributed by atoms with van der Waals surface area (Å²) in [7, 11) is 0. The molecular formula is C16H23NO2. The lowest BCUT2D eigenvalue weighted by Gasteiger charge is -2.36. The van der Waals surface area contributed by atoms with E-state index in [2.05, 4.69) is 11.8 Å². The molecule has 1 aromatic carbocycles. The Kier molecular flexibility index (Phi) is 4.97. The zero-order valence-corrected chi connectivity index (χ0v) is 11.6. The number of benzene rings is 1. The molecule has 0 radical (unpaired) electrons. The first-order chi connectivity index (χ1) is 9.20. The molecule has 1 saturated carbocycles. The van der Waals surface area contributed by atoms with Crippen molar-refractivity contribution in [3.63, 3.8) is 0 Å². The Morgan fingerprint density at radius 1 is 1.37 bits per heavy atom. The highest BCUT2D eigenvalue weighted by Gasteiger charge is 2.26. The second kappa shape index (κ2) is 6.71. The highest BCUT2D eigenvalue weighted by atomic mass is 16.4. The predicted molar refractivity (Wildman–Crippen MR) is 76.0 cm³/mol. The summed E-state index contributed by atoms with van der Waals surface area (Å²) in [6, 6.07) is 10.0. The molecule has 3 heteroatoms. The minimum absolute atomic E-state index is 0.00398. The number of carbonyl (C=O) groups is 1. The fraction of sp³-hybridized carbons (Fsp3) is 0.562. The van der Waals surface area contributed by atoms with Crippen LogP contribution in [0.25, 0.3) is 0 Å². The van der Waals surface area contributed by atoms with Crippen LogP contribution < -0.4 is 0 Å². The molecule has 1 aliphatic rings. The number of hydrogen-bond acceptors (Lipinski definition) is 2. The van der Waals surface area contributed by atoms with Crippen LogP contribution in [0.4, 0.5) is 0 Å². The van der Waals surface area contributed by atoms with Gasteiger partial charge < -0.3 is 5.11 Å². The topological polar surface area (TPSA) is 40.5 Å². The molecule has 3 nitrogen and oxygen atoms in total. The van der Waals surface area contributed by atoms with Crippen LogP contribution in [0.2, 0.25) is 0 Å². The van der Waals surface area contributed by atoms with Gasteiger partial charge in [0.05, 0.1) is 6.42 Å². The highest BCUT2D eigenvalue weighted by molar-refractivity contribution is 5.67. The average molecular weight is 261 g/mol. The molecule has 0 saturated heterocycles. The molecule has 2 rings (SSSR count). The normalized spacial score (nSPS) is 17.2. The number of aliphatic carboxylic acids is 1. The third-order valence-corrected chi connectivity index (χ3v) is 4.12. The molecule has 0 aliphatic heterocycles. The van der Waals surface area contributed by atoms with E-state index in [1.165, 1.54) is 19.3 Å². The molecular weight excluding hydrogens is 238 g/mol. The minimum Gasteiger partial charge on any atom is -0.481 e. The molecule has 1 aliphatic carbocycles. The zero-order chi connectivity index (χ0) is 13.7. The largest absolute Gasteiger partial charge is 0.481 e. The summed E-state index contributed by atoms with van der Waals surface area (Å²) in [5.74, 6) is 0.0425. The van der Waals surface area contributed by atoms with Gasteiger partial charge >= 0.3 is 5.97 Å². The number of hydrogen-bond donors (Lipinski definition) is 1. The summed E-state index contributed by atoms with van der Waals surface area (Å²) in [5.41, 5.74) is 1.12. The first-order valence-corrected chi connectivity index (χ1v) is 7.21. The predicted octanol–water partition coefficient (Wildman–Crippen LogP) is 3.32. The van der Waals surface area contributed by atoms with Gasteiger partial charge in [-0.25, -0.2) is 0 Å². The Morgan fingerprint density at radius 3 is 2.53 bits per heavy atom. The Hall–Kier alpha value is -1.35. The summed E-state index contributed by atoms with van der Waals surface area (Å²) in [4.78, 5) is 13.5. The molecule has 1 atom stereocenters. The van der Waals surface area contributed by atoms with E-state index in [1.54, 1.807) is 0 Å². The maximum atomic E-state index is 11.1. The molecule has 0 heterocycles. The van der Waals surface area contributed by atoms with E-state index in [1.807, 2.05) is 30.3 Å². The van der Waals surface area contributed by atoms with Gasteiger partial charge in [-0.1, -0.05) is 43.7 Å². The Balaban J connectivity index is 2.12. The number of rotatable bonds is 7. The van der Waals surface area contributed by atoms with E-state index in [-0.39, 0.29) is 12.5 Å². The van der Waals surface area contributed by atoms with Crippen molar-refractivity contribution in [3.8, 4) is 0 Å². The van der Waals surface area contributed by atoms with E-state index >= 15 is 0 Å². The third-order valence-electron chi connectivity index (χ3n) is 4.12. The highest BCUT2D eigenvalue weighted by Crippen LogP contribution is 2.31. The second-order valence-corrected chi connectivity index (χ2v) is 5.41. The van der Waals surface area contributed by atoms with Gasteiger partial charge in [-0.2, -0.15) is 0 Å². The first kappa shape index (κ1) is 14.1. The summed E-state index contributed by atoms with van der Waals surface area (Å²) in [6.07, 6.45) is 4.11. The number of carboxylic acid groups (broad SMARTS) is 1. The van der Waals surface area contributed by atoms with Crippen molar-refractivity contribution in [2.45, 2.75) is 38.6 Å². The lowest BCUT2D eigenvalue weighted by atomic mass is 9.84. The summed E-state index contributed by atoms with van der Waals surface area (Å²) >= 11 is 0. The third kappa shape index (κ3) is 3.80. The Labute approximate surface area is 115 Å². The van der Waals surface area contributed by atoms with Gasteiger partial charge in [-0.05, 0) is 30.9 Å². The zero-order valence-electron chi connectivity index (χ0n) is 11.6. The summed E-state index contributed by atoms with van der Waals surface area (Å²) in [6.45, 7) is 4.06. The van der Waals surface area contributed by atoms with Crippen LogP contribution in [-0.2, 0) is 4.79 Å². The van der Waals surface area contributed by atoms with E-state index < -0.39 is 5.97 Å². The van der Waals surface area contributed by atoms with Crippen LogP contribution in [-0.4, -0.2) is 29.1 Å². The fourth-order valence-electron chi connectivity index (χ4n) is 2.78. The molecule has 0 amide bonds. The maximum Gasteiger partial charge on any atom is 0.305 e. The van der Waals surface area contributed by atoms with E-state index in [0.717, 1.165) is 24.6 Å². The van der Waals surface area contributed by atoms with Crippen molar-refractivity contribution in [2.75, 3.05) is 13.1 Å². The van der Waals surface area contributed by atoms with Gasteiger partial charge in [0, 0.05) is 12.6 Å². The molecule has 1 fully saturated rings. The van der Waals surface area contributed by atoms with Crippen LogP contribution >= 0.6 is 0 Å². The smallest absolute Gasteiger partial charge is 0.305 e. The first-order valence-electron chi connectivity index (χ1n) is 7.21. The van der Waals surface area contributed by atoms with Crippen LogP contribution in [0.15, 0.2) is 30.3 Å². The van der Waals surface area contributed by atoms with Crippen molar-refractivity contribution in [2.24, 2.45) is 5.92 Å². The Morgan fingerprint density at radius 2 is 2.05 bits per heavy atom.